The third-order valence-electron chi connectivity index (χ3n) is 3.81. The Morgan fingerprint density at radius 3 is 2.73 bits per heavy atom. The number of hydrogen-bond donors (Lipinski definition) is 2. The maximum absolute atomic E-state index is 12.2. The zero-order chi connectivity index (χ0) is 18.7. The second kappa shape index (κ2) is 7.09. The fourth-order valence-corrected chi connectivity index (χ4v) is 2.48. The molecule has 0 saturated heterocycles. The highest BCUT2D eigenvalue weighted by atomic mass is 16.5. The van der Waals surface area contributed by atoms with Gasteiger partial charge in [-0.3, -0.25) is 18.9 Å². The first-order valence-electron chi connectivity index (χ1n) is 7.78. The summed E-state index contributed by atoms with van der Waals surface area (Å²) in [6.07, 6.45) is 3.24. The molecule has 26 heavy (non-hydrogen) atoms. The molecule has 3 aromatic rings. The molecule has 2 N–H and O–H groups in total. The molecule has 0 aliphatic heterocycles. The van der Waals surface area contributed by atoms with Crippen LogP contribution in [-0.4, -0.2) is 32.4 Å². The lowest BCUT2D eigenvalue weighted by Gasteiger charge is -2.04. The van der Waals surface area contributed by atoms with Crippen molar-refractivity contribution < 1.29 is 4.74 Å². The molecule has 0 bridgehead atoms. The van der Waals surface area contributed by atoms with Gasteiger partial charge in [-0.25, -0.2) is 10.2 Å². The van der Waals surface area contributed by atoms with Gasteiger partial charge in [-0.05, 0) is 29.8 Å². The molecule has 2 heterocycles. The number of nitrogens with one attached hydrogen (secondary N) is 2. The van der Waals surface area contributed by atoms with E-state index in [1.54, 1.807) is 24.0 Å². The first-order valence-corrected chi connectivity index (χ1v) is 7.78. The summed E-state index contributed by atoms with van der Waals surface area (Å²) in [6, 6.07) is 7.35. The van der Waals surface area contributed by atoms with Crippen molar-refractivity contribution in [2.24, 2.45) is 12.1 Å². The molecule has 3 rings (SSSR count). The van der Waals surface area contributed by atoms with Gasteiger partial charge < -0.3 is 4.74 Å². The number of aryl methyl sites for hydroxylation is 1. The van der Waals surface area contributed by atoms with Crippen LogP contribution in [0.4, 0.5) is 5.95 Å². The van der Waals surface area contributed by atoms with Crippen molar-refractivity contribution in [3.8, 4) is 5.75 Å². The molecular formula is C17H18N6O3. The molecule has 0 atom stereocenters. The number of methoxy groups -OCH3 is 1. The lowest BCUT2D eigenvalue weighted by atomic mass is 10.2. The third-order valence-corrected chi connectivity index (χ3v) is 3.81. The predicted molar refractivity (Wildman–Crippen MR) is 100 cm³/mol. The first-order chi connectivity index (χ1) is 12.5. The number of aromatic amines is 1. The largest absolute Gasteiger partial charge is 0.497 e. The van der Waals surface area contributed by atoms with Crippen LogP contribution in [-0.2, 0) is 13.6 Å². The molecule has 0 amide bonds. The van der Waals surface area contributed by atoms with Crippen LogP contribution >= 0.6 is 0 Å². The molecular weight excluding hydrogens is 336 g/mol. The van der Waals surface area contributed by atoms with Crippen molar-refractivity contribution >= 4 is 23.3 Å². The Morgan fingerprint density at radius 1 is 1.35 bits per heavy atom. The van der Waals surface area contributed by atoms with Crippen molar-refractivity contribution in [2.75, 3.05) is 12.5 Å². The SMILES string of the molecule is C=CCn1c(NN=Cc2ccc(OC)cc2)nc2c1c(=O)[nH]c(=O)n2C. The van der Waals surface area contributed by atoms with E-state index in [9.17, 15) is 9.59 Å². The van der Waals surface area contributed by atoms with Gasteiger partial charge in [-0.2, -0.15) is 10.1 Å². The number of imidazole rings is 1. The Kier molecular flexibility index (Phi) is 4.70. The van der Waals surface area contributed by atoms with E-state index in [1.807, 2.05) is 24.3 Å². The Morgan fingerprint density at radius 2 is 2.08 bits per heavy atom. The zero-order valence-corrected chi connectivity index (χ0v) is 14.4. The normalized spacial score (nSPS) is 11.2. The number of benzene rings is 1. The summed E-state index contributed by atoms with van der Waals surface area (Å²) >= 11 is 0. The number of rotatable bonds is 6. The number of nitrogens with zero attached hydrogens (tertiary/aromatic N) is 4. The molecule has 0 saturated carbocycles. The summed E-state index contributed by atoms with van der Waals surface area (Å²) in [6.45, 7) is 4.02. The van der Waals surface area contributed by atoms with E-state index in [2.05, 4.69) is 27.1 Å². The number of anilines is 1. The highest BCUT2D eigenvalue weighted by molar-refractivity contribution is 5.80. The van der Waals surface area contributed by atoms with E-state index >= 15 is 0 Å². The molecule has 0 aliphatic rings. The summed E-state index contributed by atoms with van der Waals surface area (Å²) in [5.74, 6) is 1.08. The van der Waals surface area contributed by atoms with Crippen molar-refractivity contribution in [3.63, 3.8) is 0 Å². The van der Waals surface area contributed by atoms with Gasteiger partial charge >= 0.3 is 5.69 Å². The standard InChI is InChI=1S/C17H18N6O3/c1-4-9-23-13-14(22(2)17(25)20-15(13)24)19-16(23)21-18-10-11-5-7-12(26-3)8-6-11/h4-8,10H,1,9H2,2-3H3,(H,19,21)(H,20,24,25). The van der Waals surface area contributed by atoms with Crippen molar-refractivity contribution in [3.05, 3.63) is 63.3 Å². The Bertz CT molecular complexity index is 1090. The van der Waals surface area contributed by atoms with Crippen LogP contribution in [0.5, 0.6) is 5.75 Å². The van der Waals surface area contributed by atoms with E-state index in [-0.39, 0.29) is 11.2 Å². The van der Waals surface area contributed by atoms with Gasteiger partial charge in [-0.15, -0.1) is 6.58 Å². The topological polar surface area (TPSA) is 106 Å². The average Bonchev–Trinajstić information content (AvgIpc) is 3.00. The third kappa shape index (κ3) is 3.14. The fraction of sp³-hybridized carbons (Fsp3) is 0.176. The number of hydrogen-bond acceptors (Lipinski definition) is 6. The van der Waals surface area contributed by atoms with Crippen LogP contribution in [0.2, 0.25) is 0 Å². The average molecular weight is 354 g/mol. The fourth-order valence-electron chi connectivity index (χ4n) is 2.48. The summed E-state index contributed by atoms with van der Waals surface area (Å²) < 4.78 is 7.98. The number of fused-ring (bicyclic) bond motifs is 1. The second-order valence-electron chi connectivity index (χ2n) is 5.47. The highest BCUT2D eigenvalue weighted by Gasteiger charge is 2.16. The van der Waals surface area contributed by atoms with Gasteiger partial charge in [0.05, 0.1) is 13.3 Å². The van der Waals surface area contributed by atoms with Gasteiger partial charge in [0, 0.05) is 13.6 Å². The molecule has 9 nitrogen and oxygen atoms in total. The van der Waals surface area contributed by atoms with Gasteiger partial charge in [0.15, 0.2) is 11.2 Å². The van der Waals surface area contributed by atoms with Crippen LogP contribution in [0.1, 0.15) is 5.56 Å². The minimum absolute atomic E-state index is 0.266. The van der Waals surface area contributed by atoms with Gasteiger partial charge in [0.2, 0.25) is 5.95 Å². The number of hydrazone groups is 1. The highest BCUT2D eigenvalue weighted by Crippen LogP contribution is 2.15. The van der Waals surface area contributed by atoms with Crippen LogP contribution in [0.15, 0.2) is 51.6 Å². The maximum Gasteiger partial charge on any atom is 0.329 e. The van der Waals surface area contributed by atoms with Crippen LogP contribution in [0.3, 0.4) is 0 Å². The number of H-pyrrole nitrogens is 1. The molecule has 134 valence electrons. The van der Waals surface area contributed by atoms with Crippen molar-refractivity contribution in [2.45, 2.75) is 6.54 Å². The first kappa shape index (κ1) is 17.2. The molecule has 9 heteroatoms. The summed E-state index contributed by atoms with van der Waals surface area (Å²) in [7, 11) is 3.14. The van der Waals surface area contributed by atoms with Crippen molar-refractivity contribution in [1.29, 1.82) is 0 Å². The summed E-state index contributed by atoms with van der Waals surface area (Å²) in [4.78, 5) is 30.5. The number of ether oxygens (including phenoxy) is 1. The monoisotopic (exact) mass is 354 g/mol. The summed E-state index contributed by atoms with van der Waals surface area (Å²) in [5.41, 5.74) is 3.17. The molecule has 0 radical (unpaired) electrons. The number of allylic oxidation sites excluding steroid dienone is 1. The number of aromatic nitrogens is 4. The lowest BCUT2D eigenvalue weighted by molar-refractivity contribution is 0.415. The minimum Gasteiger partial charge on any atom is -0.497 e. The Hall–Kier alpha value is -3.62. The minimum atomic E-state index is -0.529. The van der Waals surface area contributed by atoms with Crippen LogP contribution in [0, 0.1) is 0 Å². The summed E-state index contributed by atoms with van der Waals surface area (Å²) in [5, 5.41) is 4.15. The van der Waals surface area contributed by atoms with E-state index < -0.39 is 11.2 Å². The lowest BCUT2D eigenvalue weighted by Crippen LogP contribution is -2.29. The zero-order valence-electron chi connectivity index (χ0n) is 14.4. The van der Waals surface area contributed by atoms with Gasteiger partial charge in [0.25, 0.3) is 5.56 Å². The smallest absolute Gasteiger partial charge is 0.329 e. The molecule has 0 spiro atoms. The van der Waals surface area contributed by atoms with Gasteiger partial charge in [0.1, 0.15) is 5.75 Å². The Labute approximate surface area is 148 Å². The Balaban J connectivity index is 1.97. The molecule has 0 fully saturated rings. The second-order valence-corrected chi connectivity index (χ2v) is 5.47. The van der Waals surface area contributed by atoms with E-state index in [0.717, 1.165) is 11.3 Å². The van der Waals surface area contributed by atoms with E-state index in [1.165, 1.54) is 11.6 Å². The van der Waals surface area contributed by atoms with Crippen molar-refractivity contribution in [1.82, 2.24) is 19.1 Å². The quantitative estimate of drug-likeness (QED) is 0.391. The van der Waals surface area contributed by atoms with E-state index in [4.69, 9.17) is 4.74 Å². The van der Waals surface area contributed by atoms with Crippen LogP contribution in [0.25, 0.3) is 11.2 Å². The molecule has 0 aliphatic carbocycles. The predicted octanol–water partition coefficient (Wildman–Crippen LogP) is 1.06. The van der Waals surface area contributed by atoms with E-state index in [0.29, 0.717) is 12.5 Å². The maximum atomic E-state index is 12.2. The molecule has 2 aromatic heterocycles. The van der Waals surface area contributed by atoms with Crippen LogP contribution < -0.4 is 21.4 Å². The molecule has 0 unspecified atom stereocenters. The molecule has 1 aromatic carbocycles. The van der Waals surface area contributed by atoms with Gasteiger partial charge in [-0.1, -0.05) is 6.08 Å².